The minimum absolute atomic E-state index is 0.190. The molecule has 1 aliphatic heterocycles. The lowest BCUT2D eigenvalue weighted by molar-refractivity contribution is 0.263. The second-order valence-corrected chi connectivity index (χ2v) is 4.51. The molecule has 1 aromatic rings. The highest BCUT2D eigenvalue weighted by Gasteiger charge is 2.24. The van der Waals surface area contributed by atoms with E-state index in [1.807, 2.05) is 4.90 Å². The Hall–Kier alpha value is -0.870. The van der Waals surface area contributed by atoms with E-state index in [-0.39, 0.29) is 12.4 Å². The lowest BCUT2D eigenvalue weighted by atomic mass is 10.1. The molecular formula is C11H14ClFN2O. The Morgan fingerprint density at radius 2 is 2.44 bits per heavy atom. The van der Waals surface area contributed by atoms with Gasteiger partial charge in [-0.15, -0.1) is 0 Å². The fraction of sp³-hybridized carbons (Fsp3) is 0.545. The molecule has 2 rings (SSSR count). The van der Waals surface area contributed by atoms with Gasteiger partial charge < -0.3 is 10.0 Å². The zero-order chi connectivity index (χ0) is 11.5. The molecule has 0 aromatic carbocycles. The molecule has 1 aromatic heterocycles. The fourth-order valence-electron chi connectivity index (χ4n) is 2.08. The fourth-order valence-corrected chi connectivity index (χ4v) is 2.23. The summed E-state index contributed by atoms with van der Waals surface area (Å²) in [6, 6.07) is 1.28. The molecule has 1 saturated heterocycles. The zero-order valence-electron chi connectivity index (χ0n) is 8.87. The van der Waals surface area contributed by atoms with Crippen molar-refractivity contribution in [1.82, 2.24) is 4.98 Å². The number of hydrogen-bond acceptors (Lipinski definition) is 3. The first-order valence-electron chi connectivity index (χ1n) is 5.37. The molecule has 1 fully saturated rings. The Morgan fingerprint density at radius 1 is 1.62 bits per heavy atom. The maximum atomic E-state index is 13.6. The third-order valence-corrected chi connectivity index (χ3v) is 3.12. The van der Waals surface area contributed by atoms with E-state index >= 15 is 0 Å². The van der Waals surface area contributed by atoms with Crippen molar-refractivity contribution in [2.24, 2.45) is 5.92 Å². The van der Waals surface area contributed by atoms with E-state index in [1.54, 1.807) is 0 Å². The summed E-state index contributed by atoms with van der Waals surface area (Å²) in [4.78, 5) is 5.92. The number of aromatic nitrogens is 1. The maximum absolute atomic E-state index is 13.6. The average Bonchev–Trinajstić information content (AvgIpc) is 2.67. The van der Waals surface area contributed by atoms with E-state index in [0.29, 0.717) is 16.8 Å². The summed E-state index contributed by atoms with van der Waals surface area (Å²) < 4.78 is 13.6. The Balaban J connectivity index is 2.08. The first-order chi connectivity index (χ1) is 7.70. The zero-order valence-corrected chi connectivity index (χ0v) is 9.62. The Labute approximate surface area is 98.9 Å². The number of aliphatic hydroxyl groups is 1. The highest BCUT2D eigenvalue weighted by Crippen LogP contribution is 2.27. The summed E-state index contributed by atoms with van der Waals surface area (Å²) in [5, 5.41) is 9.16. The molecule has 1 N–H and O–H groups in total. The Kier molecular flexibility index (Phi) is 3.61. The predicted molar refractivity (Wildman–Crippen MR) is 61.2 cm³/mol. The summed E-state index contributed by atoms with van der Waals surface area (Å²) in [5.41, 5.74) is 0. The molecule has 1 atom stereocenters. The van der Waals surface area contributed by atoms with Gasteiger partial charge in [0.1, 0.15) is 0 Å². The molecular weight excluding hydrogens is 231 g/mol. The van der Waals surface area contributed by atoms with Crippen LogP contribution in [0.5, 0.6) is 0 Å². The highest BCUT2D eigenvalue weighted by atomic mass is 35.5. The Morgan fingerprint density at radius 3 is 3.12 bits per heavy atom. The van der Waals surface area contributed by atoms with Gasteiger partial charge >= 0.3 is 0 Å². The van der Waals surface area contributed by atoms with Gasteiger partial charge in [-0.1, -0.05) is 11.6 Å². The molecule has 0 aliphatic carbocycles. The van der Waals surface area contributed by atoms with Crippen LogP contribution in [0.15, 0.2) is 12.3 Å². The van der Waals surface area contributed by atoms with Crippen molar-refractivity contribution in [3.05, 3.63) is 23.1 Å². The van der Waals surface area contributed by atoms with Crippen LogP contribution in [0.1, 0.15) is 12.8 Å². The lowest BCUT2D eigenvalue weighted by Gasteiger charge is -2.17. The molecule has 0 spiro atoms. The van der Waals surface area contributed by atoms with Gasteiger partial charge in [-0.2, -0.15) is 0 Å². The van der Waals surface area contributed by atoms with Crippen LogP contribution in [0.4, 0.5) is 10.2 Å². The van der Waals surface area contributed by atoms with Crippen LogP contribution in [0.2, 0.25) is 5.02 Å². The number of anilines is 1. The van der Waals surface area contributed by atoms with Crippen molar-refractivity contribution in [2.45, 2.75) is 12.8 Å². The van der Waals surface area contributed by atoms with Crippen molar-refractivity contribution in [3.63, 3.8) is 0 Å². The number of rotatable bonds is 3. The van der Waals surface area contributed by atoms with Crippen LogP contribution in [0.25, 0.3) is 0 Å². The van der Waals surface area contributed by atoms with Crippen LogP contribution in [0, 0.1) is 11.7 Å². The van der Waals surface area contributed by atoms with Gasteiger partial charge in [0.05, 0.1) is 5.02 Å². The topological polar surface area (TPSA) is 36.4 Å². The third kappa shape index (κ3) is 2.44. The molecule has 3 nitrogen and oxygen atoms in total. The van der Waals surface area contributed by atoms with Gasteiger partial charge in [-0.25, -0.2) is 9.37 Å². The minimum atomic E-state index is -0.378. The first kappa shape index (κ1) is 11.6. The average molecular weight is 245 g/mol. The van der Waals surface area contributed by atoms with E-state index in [9.17, 15) is 4.39 Å². The van der Waals surface area contributed by atoms with Crippen LogP contribution >= 0.6 is 11.6 Å². The smallest absolute Gasteiger partial charge is 0.167 e. The van der Waals surface area contributed by atoms with Crippen LogP contribution in [0.3, 0.4) is 0 Å². The SMILES string of the molecule is OCCC1CCN(c2ncc(Cl)cc2F)C1. The second kappa shape index (κ2) is 4.97. The molecule has 0 saturated carbocycles. The molecule has 1 aliphatic rings. The van der Waals surface area contributed by atoms with Crippen molar-refractivity contribution in [1.29, 1.82) is 0 Å². The van der Waals surface area contributed by atoms with Gasteiger partial charge in [0.25, 0.3) is 0 Å². The lowest BCUT2D eigenvalue weighted by Crippen LogP contribution is -2.22. The van der Waals surface area contributed by atoms with Crippen LogP contribution < -0.4 is 4.90 Å². The molecule has 1 unspecified atom stereocenters. The molecule has 0 radical (unpaired) electrons. The standard InChI is InChI=1S/C11H14ClFN2O/c12-9-5-10(13)11(14-6-9)15-3-1-8(7-15)2-4-16/h5-6,8,16H,1-4,7H2. The van der Waals surface area contributed by atoms with E-state index in [2.05, 4.69) is 4.98 Å². The number of aliphatic hydroxyl groups excluding tert-OH is 1. The Bertz CT molecular complexity index is 375. The molecule has 16 heavy (non-hydrogen) atoms. The van der Waals surface area contributed by atoms with Crippen LogP contribution in [-0.4, -0.2) is 29.8 Å². The number of nitrogens with zero attached hydrogens (tertiary/aromatic N) is 2. The molecule has 5 heteroatoms. The minimum Gasteiger partial charge on any atom is -0.396 e. The van der Waals surface area contributed by atoms with E-state index in [1.165, 1.54) is 12.3 Å². The van der Waals surface area contributed by atoms with Gasteiger partial charge in [0.15, 0.2) is 11.6 Å². The van der Waals surface area contributed by atoms with Crippen molar-refractivity contribution >= 4 is 17.4 Å². The van der Waals surface area contributed by atoms with Gasteiger partial charge in [-0.05, 0) is 24.8 Å². The molecule has 0 bridgehead atoms. The van der Waals surface area contributed by atoms with Crippen LogP contribution in [-0.2, 0) is 0 Å². The van der Waals surface area contributed by atoms with Gasteiger partial charge in [0.2, 0.25) is 0 Å². The van der Waals surface area contributed by atoms with E-state index < -0.39 is 0 Å². The summed E-state index contributed by atoms with van der Waals surface area (Å²) in [5.74, 6) is 0.420. The number of hydrogen-bond donors (Lipinski definition) is 1. The van der Waals surface area contributed by atoms with Crippen molar-refractivity contribution in [2.75, 3.05) is 24.6 Å². The summed E-state index contributed by atoms with van der Waals surface area (Å²) in [6.07, 6.45) is 3.20. The summed E-state index contributed by atoms with van der Waals surface area (Å²) in [6.45, 7) is 1.73. The monoisotopic (exact) mass is 244 g/mol. The molecule has 2 heterocycles. The summed E-state index contributed by atoms with van der Waals surface area (Å²) >= 11 is 5.65. The predicted octanol–water partition coefficient (Wildman–Crippen LogP) is 2.08. The molecule has 88 valence electrons. The normalized spacial score (nSPS) is 20.4. The molecule has 0 amide bonds. The van der Waals surface area contributed by atoms with Gasteiger partial charge in [-0.3, -0.25) is 0 Å². The number of pyridine rings is 1. The summed E-state index contributed by atoms with van der Waals surface area (Å²) in [7, 11) is 0. The third-order valence-electron chi connectivity index (χ3n) is 2.91. The largest absolute Gasteiger partial charge is 0.396 e. The first-order valence-corrected chi connectivity index (χ1v) is 5.75. The van der Waals surface area contributed by atoms with Crippen molar-refractivity contribution < 1.29 is 9.50 Å². The quantitative estimate of drug-likeness (QED) is 0.885. The maximum Gasteiger partial charge on any atom is 0.167 e. The van der Waals surface area contributed by atoms with E-state index in [4.69, 9.17) is 16.7 Å². The van der Waals surface area contributed by atoms with E-state index in [0.717, 1.165) is 25.9 Å². The second-order valence-electron chi connectivity index (χ2n) is 4.07. The highest BCUT2D eigenvalue weighted by molar-refractivity contribution is 6.30. The van der Waals surface area contributed by atoms with Gasteiger partial charge in [0, 0.05) is 25.9 Å². The van der Waals surface area contributed by atoms with Crippen molar-refractivity contribution in [3.8, 4) is 0 Å². The number of halogens is 2.